The van der Waals surface area contributed by atoms with E-state index in [1.54, 1.807) is 6.92 Å². The van der Waals surface area contributed by atoms with E-state index in [1.165, 1.54) is 6.07 Å². The molecule has 0 fully saturated rings. The summed E-state index contributed by atoms with van der Waals surface area (Å²) in [6.07, 6.45) is -1.11. The first-order chi connectivity index (χ1) is 10.0. The molecular formula is C13H10F3N3O2. The topological polar surface area (TPSA) is 65.0 Å². The summed E-state index contributed by atoms with van der Waals surface area (Å²) in [4.78, 5) is 22.7. The van der Waals surface area contributed by atoms with Crippen LogP contribution in [0, 0.1) is 5.82 Å². The Hall–Kier alpha value is -2.51. The van der Waals surface area contributed by atoms with Gasteiger partial charge in [-0.1, -0.05) is 0 Å². The van der Waals surface area contributed by atoms with Gasteiger partial charge in [0.2, 0.25) is 0 Å². The first kappa shape index (κ1) is 14.9. The van der Waals surface area contributed by atoms with Crippen LogP contribution >= 0.6 is 0 Å². The van der Waals surface area contributed by atoms with E-state index in [-0.39, 0.29) is 18.1 Å². The van der Waals surface area contributed by atoms with Crippen LogP contribution in [0.15, 0.2) is 24.5 Å². The quantitative estimate of drug-likeness (QED) is 0.812. The summed E-state index contributed by atoms with van der Waals surface area (Å²) >= 11 is 0. The average molecular weight is 297 g/mol. The molecule has 2 heterocycles. The molecule has 2 rings (SSSR count). The summed E-state index contributed by atoms with van der Waals surface area (Å²) in [5, 5.41) is 0. The fourth-order valence-corrected chi connectivity index (χ4v) is 1.56. The van der Waals surface area contributed by atoms with Crippen LogP contribution in [0.1, 0.15) is 29.4 Å². The summed E-state index contributed by atoms with van der Waals surface area (Å²) in [7, 11) is 0. The van der Waals surface area contributed by atoms with Crippen molar-refractivity contribution < 1.29 is 22.7 Å². The molecule has 110 valence electrons. The Balaban J connectivity index is 2.45. The third kappa shape index (κ3) is 3.33. The highest BCUT2D eigenvalue weighted by Crippen LogP contribution is 2.23. The first-order valence-electron chi connectivity index (χ1n) is 5.97. The highest BCUT2D eigenvalue weighted by atomic mass is 19.3. The van der Waals surface area contributed by atoms with Crippen molar-refractivity contribution in [3.63, 3.8) is 0 Å². The molecule has 0 aromatic carbocycles. The molecule has 21 heavy (non-hydrogen) atoms. The second-order valence-electron chi connectivity index (χ2n) is 3.88. The van der Waals surface area contributed by atoms with Gasteiger partial charge in [-0.3, -0.25) is 0 Å². The number of hydrogen-bond acceptors (Lipinski definition) is 5. The minimum absolute atomic E-state index is 0.0444. The Labute approximate surface area is 117 Å². The van der Waals surface area contributed by atoms with Gasteiger partial charge in [-0.15, -0.1) is 0 Å². The van der Waals surface area contributed by atoms with E-state index < -0.39 is 29.5 Å². The molecule has 2 aromatic rings. The van der Waals surface area contributed by atoms with Gasteiger partial charge < -0.3 is 4.74 Å². The molecule has 0 aliphatic rings. The van der Waals surface area contributed by atoms with Crippen molar-refractivity contribution in [1.82, 2.24) is 15.0 Å². The lowest BCUT2D eigenvalue weighted by molar-refractivity contribution is 0.0513. The number of nitrogens with zero attached hydrogens (tertiary/aromatic N) is 3. The summed E-state index contributed by atoms with van der Waals surface area (Å²) in [6.45, 7) is 1.60. The van der Waals surface area contributed by atoms with Crippen molar-refractivity contribution in [3.05, 3.63) is 41.6 Å². The van der Waals surface area contributed by atoms with Gasteiger partial charge >= 0.3 is 5.97 Å². The van der Waals surface area contributed by atoms with Crippen LogP contribution in [-0.4, -0.2) is 27.5 Å². The number of esters is 1. The average Bonchev–Trinajstić information content (AvgIpc) is 2.47. The molecule has 0 amide bonds. The number of rotatable bonds is 4. The largest absolute Gasteiger partial charge is 0.462 e. The zero-order valence-corrected chi connectivity index (χ0v) is 10.9. The second kappa shape index (κ2) is 6.29. The van der Waals surface area contributed by atoms with E-state index in [4.69, 9.17) is 0 Å². The number of ether oxygens (including phenoxy) is 1. The van der Waals surface area contributed by atoms with Crippen LogP contribution < -0.4 is 0 Å². The van der Waals surface area contributed by atoms with Gasteiger partial charge in [0.1, 0.15) is 22.8 Å². The molecule has 2 aromatic heterocycles. The minimum Gasteiger partial charge on any atom is -0.462 e. The van der Waals surface area contributed by atoms with Gasteiger partial charge in [-0.2, -0.15) is 0 Å². The molecule has 0 radical (unpaired) electrons. The van der Waals surface area contributed by atoms with Crippen molar-refractivity contribution in [1.29, 1.82) is 0 Å². The summed E-state index contributed by atoms with van der Waals surface area (Å²) < 4.78 is 43.5. The minimum atomic E-state index is -2.98. The SMILES string of the molecule is CCOC(=O)c1cnc(-c2ccc(F)cn2)nc1C(F)F. The highest BCUT2D eigenvalue weighted by Gasteiger charge is 2.23. The van der Waals surface area contributed by atoms with E-state index in [0.29, 0.717) is 0 Å². The fraction of sp³-hybridized carbons (Fsp3) is 0.231. The third-order valence-electron chi connectivity index (χ3n) is 2.48. The molecule has 0 aliphatic heterocycles. The fourth-order valence-electron chi connectivity index (χ4n) is 1.56. The second-order valence-corrected chi connectivity index (χ2v) is 3.88. The van der Waals surface area contributed by atoms with Gasteiger partial charge in [0, 0.05) is 6.20 Å². The highest BCUT2D eigenvalue weighted by molar-refractivity contribution is 5.90. The summed E-state index contributed by atoms with van der Waals surface area (Å²) in [6, 6.07) is 2.36. The Morgan fingerprint density at radius 3 is 2.62 bits per heavy atom. The lowest BCUT2D eigenvalue weighted by atomic mass is 10.2. The maximum absolute atomic E-state index is 13.0. The number of halogens is 3. The Bertz CT molecular complexity index is 648. The molecule has 0 N–H and O–H groups in total. The van der Waals surface area contributed by atoms with Gasteiger partial charge in [0.15, 0.2) is 5.82 Å². The van der Waals surface area contributed by atoms with Crippen LogP contribution in [0.2, 0.25) is 0 Å². The van der Waals surface area contributed by atoms with E-state index in [1.807, 2.05) is 0 Å². The monoisotopic (exact) mass is 297 g/mol. The van der Waals surface area contributed by atoms with Gasteiger partial charge in [-0.05, 0) is 19.1 Å². The summed E-state index contributed by atoms with van der Waals surface area (Å²) in [5.74, 6) is -1.62. The Morgan fingerprint density at radius 1 is 1.29 bits per heavy atom. The number of hydrogen-bond donors (Lipinski definition) is 0. The van der Waals surface area contributed by atoms with Gasteiger partial charge in [0.25, 0.3) is 6.43 Å². The van der Waals surface area contributed by atoms with Gasteiger partial charge in [0.05, 0.1) is 12.8 Å². The molecule has 0 atom stereocenters. The van der Waals surface area contributed by atoms with E-state index >= 15 is 0 Å². The molecular weight excluding hydrogens is 287 g/mol. The van der Waals surface area contributed by atoms with Crippen molar-refractivity contribution >= 4 is 5.97 Å². The molecule has 0 unspecified atom stereocenters. The van der Waals surface area contributed by atoms with Crippen LogP contribution in [0.5, 0.6) is 0 Å². The van der Waals surface area contributed by atoms with Crippen molar-refractivity contribution in [2.75, 3.05) is 6.61 Å². The lowest BCUT2D eigenvalue weighted by Gasteiger charge is -2.08. The van der Waals surface area contributed by atoms with Gasteiger partial charge in [-0.25, -0.2) is 32.9 Å². The van der Waals surface area contributed by atoms with Crippen LogP contribution in [-0.2, 0) is 4.74 Å². The Kier molecular flexibility index (Phi) is 4.46. The maximum atomic E-state index is 13.0. The molecule has 0 saturated heterocycles. The third-order valence-corrected chi connectivity index (χ3v) is 2.48. The Morgan fingerprint density at radius 2 is 2.05 bits per heavy atom. The first-order valence-corrected chi connectivity index (χ1v) is 5.97. The van der Waals surface area contributed by atoms with Crippen LogP contribution in [0.4, 0.5) is 13.2 Å². The molecule has 0 aliphatic carbocycles. The van der Waals surface area contributed by atoms with E-state index in [2.05, 4.69) is 19.7 Å². The predicted octanol–water partition coefficient (Wildman–Crippen LogP) is 2.79. The normalized spacial score (nSPS) is 10.7. The van der Waals surface area contributed by atoms with E-state index in [9.17, 15) is 18.0 Å². The molecule has 0 spiro atoms. The van der Waals surface area contributed by atoms with Crippen molar-refractivity contribution in [2.24, 2.45) is 0 Å². The van der Waals surface area contributed by atoms with Crippen LogP contribution in [0.3, 0.4) is 0 Å². The molecule has 0 bridgehead atoms. The number of carbonyl (C=O) groups is 1. The molecule has 0 saturated carbocycles. The zero-order valence-electron chi connectivity index (χ0n) is 10.9. The predicted molar refractivity (Wildman–Crippen MR) is 66.1 cm³/mol. The van der Waals surface area contributed by atoms with Crippen molar-refractivity contribution in [2.45, 2.75) is 13.3 Å². The number of carbonyl (C=O) groups excluding carboxylic acids is 1. The standard InChI is InChI=1S/C13H10F3N3O2/c1-2-21-13(20)8-6-18-12(19-10(8)11(15)16)9-4-3-7(14)5-17-9/h3-6,11H,2H2,1H3. The lowest BCUT2D eigenvalue weighted by Crippen LogP contribution is -2.12. The zero-order chi connectivity index (χ0) is 15.4. The van der Waals surface area contributed by atoms with Crippen molar-refractivity contribution in [3.8, 4) is 11.5 Å². The molecule has 5 nitrogen and oxygen atoms in total. The number of pyridine rings is 1. The number of alkyl halides is 2. The number of aromatic nitrogens is 3. The smallest absolute Gasteiger partial charge is 0.341 e. The maximum Gasteiger partial charge on any atom is 0.341 e. The summed E-state index contributed by atoms with van der Waals surface area (Å²) in [5.41, 5.74) is -1.03. The van der Waals surface area contributed by atoms with E-state index in [0.717, 1.165) is 18.5 Å². The molecule has 8 heteroatoms. The van der Waals surface area contributed by atoms with Crippen LogP contribution in [0.25, 0.3) is 11.5 Å².